The van der Waals surface area contributed by atoms with Gasteiger partial charge in [-0.3, -0.25) is 0 Å². The fourth-order valence-corrected chi connectivity index (χ4v) is 5.45. The van der Waals surface area contributed by atoms with E-state index in [-0.39, 0.29) is 31.7 Å². The summed E-state index contributed by atoms with van der Waals surface area (Å²) >= 11 is 0. The van der Waals surface area contributed by atoms with Crippen LogP contribution in [0.15, 0.2) is 60.7 Å². The topological polar surface area (TPSA) is 62.3 Å². The summed E-state index contributed by atoms with van der Waals surface area (Å²) in [4.78, 5) is 19.8. The van der Waals surface area contributed by atoms with Gasteiger partial charge in [0.15, 0.2) is 0 Å². The molecule has 4 aromatic rings. The summed E-state index contributed by atoms with van der Waals surface area (Å²) in [7, 11) is 0. The van der Waals surface area contributed by atoms with Gasteiger partial charge in [-0.05, 0) is 103 Å². The summed E-state index contributed by atoms with van der Waals surface area (Å²) in [6.45, 7) is 27.4. The molecule has 5 heteroatoms. The maximum absolute atomic E-state index is 9.88. The van der Waals surface area contributed by atoms with Gasteiger partial charge in [0.05, 0.1) is 31.8 Å². The summed E-state index contributed by atoms with van der Waals surface area (Å²) in [5.74, 6) is 0. The van der Waals surface area contributed by atoms with Gasteiger partial charge in [-0.25, -0.2) is 0 Å². The molecule has 0 fully saturated rings. The van der Waals surface area contributed by atoms with Crippen molar-refractivity contribution in [2.24, 2.45) is 0 Å². The predicted octanol–water partition coefficient (Wildman–Crippen LogP) is 11.5. The van der Waals surface area contributed by atoms with Crippen molar-refractivity contribution in [3.8, 4) is 0 Å². The van der Waals surface area contributed by atoms with Crippen LogP contribution in [-0.2, 0) is 35.8 Å². The predicted molar refractivity (Wildman–Crippen MR) is 201 cm³/mol. The van der Waals surface area contributed by atoms with Crippen LogP contribution < -0.4 is 0 Å². The van der Waals surface area contributed by atoms with Gasteiger partial charge in [-0.2, -0.15) is 35.4 Å². The quantitative estimate of drug-likeness (QED) is 0.121. The Balaban J connectivity index is 0.000000548. The van der Waals surface area contributed by atoms with E-state index in [1.807, 2.05) is 12.1 Å². The van der Waals surface area contributed by atoms with Gasteiger partial charge < -0.3 is 20.2 Å². The van der Waals surface area contributed by atoms with Crippen molar-refractivity contribution >= 4 is 23.9 Å². The maximum Gasteiger partial charge on any atom is 3.00 e. The number of rotatable bonds is 10. The van der Waals surface area contributed by atoms with Crippen molar-refractivity contribution in [3.05, 3.63) is 144 Å². The molecule has 0 aliphatic heterocycles. The molecule has 0 spiro atoms. The molecule has 0 N–H and O–H groups in total. The van der Waals surface area contributed by atoms with Crippen molar-refractivity contribution in [2.45, 2.75) is 101 Å². The molecule has 48 heavy (non-hydrogen) atoms. The Bertz CT molecular complexity index is 1530. The van der Waals surface area contributed by atoms with Crippen LogP contribution in [-0.4, -0.2) is 24.7 Å². The van der Waals surface area contributed by atoms with E-state index < -0.39 is 0 Å². The Morgan fingerprint density at radius 2 is 0.875 bits per heavy atom. The van der Waals surface area contributed by atoms with Crippen LogP contribution in [0.5, 0.6) is 0 Å². The molecule has 0 saturated heterocycles. The van der Waals surface area contributed by atoms with Gasteiger partial charge in [0, 0.05) is 0 Å². The van der Waals surface area contributed by atoms with Gasteiger partial charge in [-0.1, -0.05) is 60.3 Å². The number of hydrogen-bond donors (Lipinski definition) is 0. The normalized spacial score (nSPS) is 10.3. The smallest absolute Gasteiger partial charge is 0.681 e. The standard InChI is InChI=1S/C29H43N2.2C7H5O.Zr/c1-17-19(3)23(7)27(24(8)20(17)4)30-16-14-13-15-29(11,12)31-28-25(9)21(5)18(2)22(6)26(28)10;2*8-6-7-4-2-1-3-5-7;/h13H,14-16H2,1-12H3;2*1-5H;/q3*-1;+3. The molecule has 1 radical (unpaired) electrons. The monoisotopic (exact) mass is 719 g/mol. The van der Waals surface area contributed by atoms with E-state index in [0.29, 0.717) is 11.1 Å². The average Bonchev–Trinajstić information content (AvgIpc) is 3.09. The number of carbonyl (C=O) groups excluding carboxylic acids is 2. The third kappa shape index (κ3) is 11.9. The molecule has 251 valence electrons. The second-order valence-corrected chi connectivity index (χ2v) is 13.0. The molecule has 0 bridgehead atoms. The largest absolute Gasteiger partial charge is 3.00 e. The Labute approximate surface area is 310 Å². The van der Waals surface area contributed by atoms with Crippen LogP contribution in [0, 0.1) is 75.7 Å². The van der Waals surface area contributed by atoms with Crippen LogP contribution in [0.2, 0.25) is 0 Å². The molecule has 0 heterocycles. The average molecular weight is 721 g/mol. The maximum atomic E-state index is 9.88. The number of benzene rings is 4. The van der Waals surface area contributed by atoms with Crippen LogP contribution in [0.1, 0.15) is 93.5 Å². The fourth-order valence-electron chi connectivity index (χ4n) is 5.45. The van der Waals surface area contributed by atoms with Gasteiger partial charge in [0.25, 0.3) is 0 Å². The molecule has 0 amide bonds. The summed E-state index contributed by atoms with van der Waals surface area (Å²) in [5, 5.41) is 10.2. The Morgan fingerprint density at radius 1 is 0.542 bits per heavy atom. The third-order valence-electron chi connectivity index (χ3n) is 9.37. The van der Waals surface area contributed by atoms with E-state index in [9.17, 15) is 9.59 Å². The molecule has 0 aliphatic rings. The van der Waals surface area contributed by atoms with Crippen molar-refractivity contribution in [2.75, 3.05) is 6.54 Å². The minimum absolute atomic E-state index is 0. The molecule has 0 unspecified atom stereocenters. The van der Waals surface area contributed by atoms with Crippen LogP contribution in [0.25, 0.3) is 10.6 Å². The van der Waals surface area contributed by atoms with Crippen molar-refractivity contribution < 1.29 is 35.8 Å². The number of nitrogens with zero attached hydrogens (tertiary/aromatic N) is 2. The van der Waals surface area contributed by atoms with E-state index in [1.54, 1.807) is 61.1 Å². The minimum Gasteiger partial charge on any atom is -0.681 e. The molecular formula is C43H53N2O2Zr. The molecule has 4 nitrogen and oxygen atoms in total. The van der Waals surface area contributed by atoms with Gasteiger partial charge in [-0.15, -0.1) is 35.6 Å². The molecule has 0 aromatic heterocycles. The summed E-state index contributed by atoms with van der Waals surface area (Å²) in [5.41, 5.74) is 17.0. The zero-order chi connectivity index (χ0) is 35.3. The van der Waals surface area contributed by atoms with Crippen molar-refractivity contribution in [1.29, 1.82) is 0 Å². The number of hydrogen-bond acceptors (Lipinski definition) is 2. The first-order valence-electron chi connectivity index (χ1n) is 16.4. The van der Waals surface area contributed by atoms with E-state index >= 15 is 0 Å². The van der Waals surface area contributed by atoms with Crippen LogP contribution >= 0.6 is 0 Å². The zero-order valence-corrected chi connectivity index (χ0v) is 33.6. The first-order chi connectivity index (χ1) is 22.2. The van der Waals surface area contributed by atoms with Gasteiger partial charge >= 0.3 is 26.2 Å². The van der Waals surface area contributed by atoms with Gasteiger partial charge in [0.2, 0.25) is 0 Å². The van der Waals surface area contributed by atoms with E-state index in [2.05, 4.69) is 89.5 Å². The van der Waals surface area contributed by atoms with Crippen LogP contribution in [0.4, 0.5) is 11.4 Å². The zero-order valence-electron chi connectivity index (χ0n) is 31.2. The molecule has 0 saturated carbocycles. The number of unbranched alkanes of at least 4 members (excludes halogenated alkanes) is 1. The first kappa shape index (κ1) is 42.6. The van der Waals surface area contributed by atoms with E-state index in [1.165, 1.54) is 67.0 Å². The molecule has 0 atom stereocenters. The summed E-state index contributed by atoms with van der Waals surface area (Å²) in [6, 6.07) is 17.8. The van der Waals surface area contributed by atoms with Crippen molar-refractivity contribution in [3.63, 3.8) is 0 Å². The van der Waals surface area contributed by atoms with E-state index in [0.717, 1.165) is 19.4 Å². The minimum atomic E-state index is -0.119. The summed E-state index contributed by atoms with van der Waals surface area (Å²) in [6.07, 6.45) is 7.85. The Hall–Kier alpha value is -3.43. The second-order valence-electron chi connectivity index (χ2n) is 13.0. The summed E-state index contributed by atoms with van der Waals surface area (Å²) < 4.78 is 0. The molecule has 0 aliphatic carbocycles. The Kier molecular flexibility index (Phi) is 17.9. The van der Waals surface area contributed by atoms with E-state index in [4.69, 9.17) is 10.6 Å². The fraction of sp³-hybridized carbons (Fsp3) is 0.372. The third-order valence-corrected chi connectivity index (χ3v) is 9.37. The second kappa shape index (κ2) is 20.2. The molecule has 4 rings (SSSR count). The van der Waals surface area contributed by atoms with Crippen LogP contribution in [0.3, 0.4) is 0 Å². The molecule has 4 aromatic carbocycles. The SMILES string of the molecule is Cc1c(C)c(C)c([N-]CC[CH+]CC(C)(C)[N-]c2c(C)c(C)c(C)c(C)c2C)c(C)c1C.O=[C-]c1ccccc1.O=[C-]c1ccccc1.[Zr+3]. The Morgan fingerprint density at radius 3 is 1.21 bits per heavy atom. The van der Waals surface area contributed by atoms with Crippen molar-refractivity contribution in [1.82, 2.24) is 0 Å². The van der Waals surface area contributed by atoms with Gasteiger partial charge in [0.1, 0.15) is 0 Å². The first-order valence-corrected chi connectivity index (χ1v) is 16.4. The molecular weight excluding hydrogens is 668 g/mol.